The fraction of sp³-hybridized carbons (Fsp3) is 0.250. The van der Waals surface area contributed by atoms with Gasteiger partial charge < -0.3 is 14.4 Å². The molecule has 1 N–H and O–H groups in total. The van der Waals surface area contributed by atoms with E-state index in [9.17, 15) is 5.11 Å². The minimum absolute atomic E-state index is 0.0309. The van der Waals surface area contributed by atoms with E-state index in [2.05, 4.69) is 9.97 Å². The zero-order valence-electron chi connectivity index (χ0n) is 12.1. The Morgan fingerprint density at radius 1 is 1.29 bits per heavy atom. The molecule has 3 rings (SSSR count). The molecule has 2 heterocycles. The van der Waals surface area contributed by atoms with E-state index in [0.29, 0.717) is 6.54 Å². The number of benzene rings is 1. The molecule has 21 heavy (non-hydrogen) atoms. The summed E-state index contributed by atoms with van der Waals surface area (Å²) >= 11 is 0. The lowest BCUT2D eigenvalue weighted by Gasteiger charge is -2.10. The molecule has 0 aliphatic rings. The highest BCUT2D eigenvalue weighted by Crippen LogP contribution is 2.31. The number of aliphatic hydroxyl groups excluding tert-OH is 1. The predicted molar refractivity (Wildman–Crippen MR) is 81.3 cm³/mol. The van der Waals surface area contributed by atoms with E-state index in [0.717, 1.165) is 33.9 Å². The Balaban J connectivity index is 2.28. The number of aromatic nitrogens is 3. The van der Waals surface area contributed by atoms with E-state index < -0.39 is 0 Å². The van der Waals surface area contributed by atoms with Crippen molar-refractivity contribution in [3.05, 3.63) is 42.1 Å². The van der Waals surface area contributed by atoms with Gasteiger partial charge in [0.2, 0.25) is 0 Å². The van der Waals surface area contributed by atoms with Crippen molar-refractivity contribution in [3.8, 4) is 17.1 Å². The molecule has 2 aromatic heterocycles. The summed E-state index contributed by atoms with van der Waals surface area (Å²) in [5.41, 5.74) is 3.55. The Morgan fingerprint density at radius 2 is 2.10 bits per heavy atom. The Labute approximate surface area is 122 Å². The van der Waals surface area contributed by atoms with E-state index in [4.69, 9.17) is 4.74 Å². The van der Waals surface area contributed by atoms with Gasteiger partial charge in [0.1, 0.15) is 17.1 Å². The normalized spacial score (nSPS) is 11.0. The number of hydrogen-bond donors (Lipinski definition) is 1. The van der Waals surface area contributed by atoms with Crippen LogP contribution in [0, 0.1) is 6.92 Å². The topological polar surface area (TPSA) is 60.2 Å². The zero-order chi connectivity index (χ0) is 14.8. The van der Waals surface area contributed by atoms with Crippen LogP contribution in [0.15, 0.2) is 36.5 Å². The van der Waals surface area contributed by atoms with Crippen LogP contribution in [0.25, 0.3) is 22.6 Å². The number of pyridine rings is 1. The second kappa shape index (κ2) is 5.54. The molecule has 0 fully saturated rings. The summed E-state index contributed by atoms with van der Waals surface area (Å²) < 4.78 is 7.34. The van der Waals surface area contributed by atoms with Gasteiger partial charge in [0.25, 0.3) is 0 Å². The minimum Gasteiger partial charge on any atom is -0.496 e. The van der Waals surface area contributed by atoms with Crippen molar-refractivity contribution in [1.82, 2.24) is 14.5 Å². The maximum absolute atomic E-state index is 9.34. The van der Waals surface area contributed by atoms with Crippen molar-refractivity contribution in [1.29, 1.82) is 0 Å². The lowest BCUT2D eigenvalue weighted by atomic mass is 10.2. The van der Waals surface area contributed by atoms with E-state index >= 15 is 0 Å². The highest BCUT2D eigenvalue weighted by Gasteiger charge is 2.16. The van der Waals surface area contributed by atoms with Gasteiger partial charge in [-0.3, -0.25) is 0 Å². The first-order valence-corrected chi connectivity index (χ1v) is 6.81. The molecule has 0 aliphatic heterocycles. The zero-order valence-corrected chi connectivity index (χ0v) is 12.1. The first kappa shape index (κ1) is 13.6. The second-order valence-corrected chi connectivity index (χ2v) is 4.87. The van der Waals surface area contributed by atoms with Crippen LogP contribution in [0.1, 0.15) is 5.56 Å². The Kier molecular flexibility index (Phi) is 3.58. The second-order valence-electron chi connectivity index (χ2n) is 4.87. The van der Waals surface area contributed by atoms with Crippen molar-refractivity contribution in [3.63, 3.8) is 0 Å². The van der Waals surface area contributed by atoms with Gasteiger partial charge in [-0.05, 0) is 30.7 Å². The molecule has 5 nitrogen and oxygen atoms in total. The number of methoxy groups -OCH3 is 1. The van der Waals surface area contributed by atoms with Crippen molar-refractivity contribution in [2.45, 2.75) is 13.5 Å². The smallest absolute Gasteiger partial charge is 0.160 e. The third kappa shape index (κ3) is 2.36. The largest absolute Gasteiger partial charge is 0.496 e. The number of imidazole rings is 1. The van der Waals surface area contributed by atoms with Crippen LogP contribution in [0.2, 0.25) is 0 Å². The maximum atomic E-state index is 9.34. The molecule has 0 spiro atoms. The molecule has 0 atom stereocenters. The SMILES string of the molecule is COc1ccccc1-c1nc2cc(C)cnc2n1CCO. The quantitative estimate of drug-likeness (QED) is 0.798. The number of para-hydroxylation sites is 1. The molecule has 3 aromatic rings. The predicted octanol–water partition coefficient (Wildman–Crippen LogP) is 2.41. The van der Waals surface area contributed by atoms with Gasteiger partial charge in [-0.25, -0.2) is 9.97 Å². The fourth-order valence-corrected chi connectivity index (χ4v) is 2.46. The average Bonchev–Trinajstić information content (AvgIpc) is 2.85. The molecule has 5 heteroatoms. The van der Waals surface area contributed by atoms with Gasteiger partial charge in [0, 0.05) is 12.7 Å². The van der Waals surface area contributed by atoms with Gasteiger partial charge in [0.15, 0.2) is 5.65 Å². The summed E-state index contributed by atoms with van der Waals surface area (Å²) in [7, 11) is 1.64. The van der Waals surface area contributed by atoms with Gasteiger partial charge in [0.05, 0.1) is 19.3 Å². The summed E-state index contributed by atoms with van der Waals surface area (Å²) in [4.78, 5) is 9.13. The van der Waals surface area contributed by atoms with E-state index in [1.54, 1.807) is 7.11 Å². The Bertz CT molecular complexity index is 780. The lowest BCUT2D eigenvalue weighted by Crippen LogP contribution is -2.05. The van der Waals surface area contributed by atoms with Gasteiger partial charge >= 0.3 is 0 Å². The summed E-state index contributed by atoms with van der Waals surface area (Å²) in [5, 5.41) is 9.34. The van der Waals surface area contributed by atoms with Crippen molar-refractivity contribution >= 4 is 11.2 Å². The maximum Gasteiger partial charge on any atom is 0.160 e. The van der Waals surface area contributed by atoms with Crippen LogP contribution >= 0.6 is 0 Å². The van der Waals surface area contributed by atoms with Crippen LogP contribution in [0.5, 0.6) is 5.75 Å². The lowest BCUT2D eigenvalue weighted by molar-refractivity contribution is 0.278. The molecule has 1 aromatic carbocycles. The molecular formula is C16H17N3O2. The number of ether oxygens (including phenoxy) is 1. The molecule has 0 amide bonds. The number of hydrogen-bond acceptors (Lipinski definition) is 4. The molecule has 108 valence electrons. The fourth-order valence-electron chi connectivity index (χ4n) is 2.46. The van der Waals surface area contributed by atoms with Crippen molar-refractivity contribution in [2.24, 2.45) is 0 Å². The molecule has 0 radical (unpaired) electrons. The standard InChI is InChI=1S/C16H17N3O2/c1-11-9-13-16(17-10-11)19(7-8-20)15(18-13)12-5-3-4-6-14(12)21-2/h3-6,9-10,20H,7-8H2,1-2H3. The summed E-state index contributed by atoms with van der Waals surface area (Å²) in [6.45, 7) is 2.46. The van der Waals surface area contributed by atoms with Crippen molar-refractivity contribution in [2.75, 3.05) is 13.7 Å². The van der Waals surface area contributed by atoms with E-state index in [-0.39, 0.29) is 6.61 Å². The van der Waals surface area contributed by atoms with Crippen LogP contribution in [-0.2, 0) is 6.54 Å². The molecule has 0 aliphatic carbocycles. The molecular weight excluding hydrogens is 266 g/mol. The summed E-state index contributed by atoms with van der Waals surface area (Å²) in [5.74, 6) is 1.51. The van der Waals surface area contributed by atoms with Gasteiger partial charge in [-0.15, -0.1) is 0 Å². The molecule has 0 saturated carbocycles. The van der Waals surface area contributed by atoms with E-state index in [1.807, 2.05) is 48.0 Å². The highest BCUT2D eigenvalue weighted by atomic mass is 16.5. The highest BCUT2D eigenvalue weighted by molar-refractivity contribution is 5.79. The van der Waals surface area contributed by atoms with Crippen LogP contribution < -0.4 is 4.74 Å². The number of rotatable bonds is 4. The number of aliphatic hydroxyl groups is 1. The Hall–Kier alpha value is -2.40. The average molecular weight is 283 g/mol. The third-order valence-corrected chi connectivity index (χ3v) is 3.39. The van der Waals surface area contributed by atoms with Crippen LogP contribution in [0.3, 0.4) is 0 Å². The summed E-state index contributed by atoms with van der Waals surface area (Å²) in [6.07, 6.45) is 1.81. The number of nitrogens with zero attached hydrogens (tertiary/aromatic N) is 3. The van der Waals surface area contributed by atoms with Gasteiger partial charge in [-0.2, -0.15) is 0 Å². The minimum atomic E-state index is 0.0309. The molecule has 0 bridgehead atoms. The van der Waals surface area contributed by atoms with E-state index in [1.165, 1.54) is 0 Å². The first-order chi connectivity index (χ1) is 10.2. The summed E-state index contributed by atoms with van der Waals surface area (Å²) in [6, 6.07) is 9.72. The first-order valence-electron chi connectivity index (χ1n) is 6.81. The third-order valence-electron chi connectivity index (χ3n) is 3.39. The molecule has 0 unspecified atom stereocenters. The van der Waals surface area contributed by atoms with Crippen molar-refractivity contribution < 1.29 is 9.84 Å². The van der Waals surface area contributed by atoms with Crippen LogP contribution in [0.4, 0.5) is 0 Å². The number of aryl methyl sites for hydroxylation is 1. The monoisotopic (exact) mass is 283 g/mol. The number of fused-ring (bicyclic) bond motifs is 1. The van der Waals surface area contributed by atoms with Crippen LogP contribution in [-0.4, -0.2) is 33.4 Å². The van der Waals surface area contributed by atoms with Gasteiger partial charge in [-0.1, -0.05) is 12.1 Å². The molecule has 0 saturated heterocycles. The Morgan fingerprint density at radius 3 is 2.86 bits per heavy atom.